The third-order valence-electron chi connectivity index (χ3n) is 5.16. The van der Waals surface area contributed by atoms with Crippen molar-refractivity contribution >= 4 is 45.7 Å². The summed E-state index contributed by atoms with van der Waals surface area (Å²) in [5.74, 6) is 0.836. The van der Waals surface area contributed by atoms with Gasteiger partial charge in [0.15, 0.2) is 11.5 Å². The van der Waals surface area contributed by atoms with Crippen LogP contribution in [-0.2, 0) is 4.79 Å². The molecule has 2 atom stereocenters. The lowest BCUT2D eigenvalue weighted by atomic mass is 9.98. The van der Waals surface area contributed by atoms with Crippen LogP contribution in [0.2, 0.25) is 5.02 Å². The number of anilines is 2. The normalized spacial score (nSPS) is 13.8. The standard InChI is InChI=1S/C22H22ClN5O4S/c1-3-12(2)18(25-21(30)24-15-7-5-14(23)6-8-15)19(29)26-22-28-27-20(33-22)13-4-9-16-17(10-13)32-11-31-16/h4-10,12,18H,3,11H2,1-2H3,(H2,24,25,30)(H,26,28,29)/t12-,18+/m1/s1. The van der Waals surface area contributed by atoms with E-state index < -0.39 is 12.1 Å². The van der Waals surface area contributed by atoms with Crippen LogP contribution in [0.1, 0.15) is 20.3 Å². The van der Waals surface area contributed by atoms with Crippen molar-refractivity contribution in [1.29, 1.82) is 0 Å². The van der Waals surface area contributed by atoms with Gasteiger partial charge in [-0.1, -0.05) is 43.2 Å². The number of halogens is 1. The zero-order valence-electron chi connectivity index (χ0n) is 17.9. The predicted octanol–water partition coefficient (Wildman–Crippen LogP) is 4.76. The summed E-state index contributed by atoms with van der Waals surface area (Å²) in [6, 6.07) is 10.9. The number of urea groups is 1. The number of nitrogens with one attached hydrogen (secondary N) is 3. The van der Waals surface area contributed by atoms with E-state index >= 15 is 0 Å². The van der Waals surface area contributed by atoms with Gasteiger partial charge in [0, 0.05) is 16.3 Å². The van der Waals surface area contributed by atoms with Crippen LogP contribution in [-0.4, -0.2) is 35.0 Å². The molecule has 2 aromatic carbocycles. The Kier molecular flexibility index (Phi) is 6.95. The summed E-state index contributed by atoms with van der Waals surface area (Å²) in [6.45, 7) is 4.03. The SMILES string of the molecule is CC[C@@H](C)[C@H](NC(=O)Nc1ccc(Cl)cc1)C(=O)Nc1nnc(-c2ccc3c(c2)OCO3)s1. The minimum atomic E-state index is -0.764. The first kappa shape index (κ1) is 22.8. The van der Waals surface area contributed by atoms with E-state index in [4.69, 9.17) is 21.1 Å². The molecule has 0 saturated heterocycles. The monoisotopic (exact) mass is 487 g/mol. The fraction of sp³-hybridized carbons (Fsp3) is 0.273. The zero-order chi connectivity index (χ0) is 23.4. The zero-order valence-corrected chi connectivity index (χ0v) is 19.5. The van der Waals surface area contributed by atoms with Crippen LogP contribution in [0.25, 0.3) is 10.6 Å². The van der Waals surface area contributed by atoms with E-state index in [2.05, 4.69) is 26.1 Å². The van der Waals surface area contributed by atoms with Gasteiger partial charge in [-0.2, -0.15) is 0 Å². The number of hydrogen-bond acceptors (Lipinski definition) is 7. The number of carbonyl (C=O) groups is 2. The largest absolute Gasteiger partial charge is 0.454 e. The fourth-order valence-electron chi connectivity index (χ4n) is 3.15. The van der Waals surface area contributed by atoms with E-state index in [9.17, 15) is 9.59 Å². The molecule has 11 heteroatoms. The summed E-state index contributed by atoms with van der Waals surface area (Å²) in [5.41, 5.74) is 1.37. The van der Waals surface area contributed by atoms with Crippen molar-refractivity contribution in [1.82, 2.24) is 15.5 Å². The average molecular weight is 488 g/mol. The summed E-state index contributed by atoms with van der Waals surface area (Å²) in [7, 11) is 0. The molecule has 172 valence electrons. The highest BCUT2D eigenvalue weighted by atomic mass is 35.5. The molecule has 9 nitrogen and oxygen atoms in total. The van der Waals surface area contributed by atoms with Crippen LogP contribution >= 0.6 is 22.9 Å². The Hall–Kier alpha value is -3.37. The summed E-state index contributed by atoms with van der Waals surface area (Å²) in [5, 5.41) is 18.0. The Morgan fingerprint density at radius 2 is 1.85 bits per heavy atom. The van der Waals surface area contributed by atoms with Crippen LogP contribution < -0.4 is 25.4 Å². The number of ether oxygens (including phenoxy) is 2. The first-order valence-corrected chi connectivity index (χ1v) is 11.5. The molecule has 1 aliphatic heterocycles. The van der Waals surface area contributed by atoms with Crippen LogP contribution in [0.15, 0.2) is 42.5 Å². The summed E-state index contributed by atoms with van der Waals surface area (Å²) >= 11 is 7.10. The van der Waals surface area contributed by atoms with E-state index in [-0.39, 0.29) is 18.6 Å². The molecule has 33 heavy (non-hydrogen) atoms. The van der Waals surface area contributed by atoms with Crippen molar-refractivity contribution in [3.8, 4) is 22.1 Å². The highest BCUT2D eigenvalue weighted by Gasteiger charge is 2.27. The van der Waals surface area contributed by atoms with Crippen molar-refractivity contribution in [3.63, 3.8) is 0 Å². The van der Waals surface area contributed by atoms with Crippen molar-refractivity contribution in [2.45, 2.75) is 26.3 Å². The van der Waals surface area contributed by atoms with E-state index in [0.717, 1.165) is 5.56 Å². The van der Waals surface area contributed by atoms with E-state index in [1.807, 2.05) is 26.0 Å². The molecule has 0 aliphatic carbocycles. The maximum absolute atomic E-state index is 13.0. The number of amides is 3. The molecule has 1 aliphatic rings. The van der Waals surface area contributed by atoms with Gasteiger partial charge in [0.05, 0.1) is 0 Å². The van der Waals surface area contributed by atoms with Crippen LogP contribution in [0.3, 0.4) is 0 Å². The van der Waals surface area contributed by atoms with Crippen LogP contribution in [0.4, 0.5) is 15.6 Å². The minimum absolute atomic E-state index is 0.109. The number of fused-ring (bicyclic) bond motifs is 1. The molecule has 3 amide bonds. The number of benzene rings is 2. The minimum Gasteiger partial charge on any atom is -0.454 e. The second kappa shape index (κ2) is 10.1. The lowest BCUT2D eigenvalue weighted by Gasteiger charge is -2.23. The lowest BCUT2D eigenvalue weighted by molar-refractivity contribution is -0.119. The van der Waals surface area contributed by atoms with Gasteiger partial charge in [0.25, 0.3) is 0 Å². The van der Waals surface area contributed by atoms with Gasteiger partial charge in [0.1, 0.15) is 11.0 Å². The first-order chi connectivity index (χ1) is 15.9. The Morgan fingerprint density at radius 1 is 1.09 bits per heavy atom. The van der Waals surface area contributed by atoms with Crippen molar-refractivity contribution in [2.75, 3.05) is 17.4 Å². The highest BCUT2D eigenvalue weighted by molar-refractivity contribution is 7.18. The number of carbonyl (C=O) groups excluding carboxylic acids is 2. The van der Waals surface area contributed by atoms with Crippen molar-refractivity contribution < 1.29 is 19.1 Å². The van der Waals surface area contributed by atoms with Gasteiger partial charge in [-0.3, -0.25) is 10.1 Å². The van der Waals surface area contributed by atoms with Gasteiger partial charge in [-0.05, 0) is 48.4 Å². The molecule has 0 fully saturated rings. The molecule has 0 radical (unpaired) electrons. The molecule has 0 spiro atoms. The van der Waals surface area contributed by atoms with E-state index in [1.54, 1.807) is 30.3 Å². The van der Waals surface area contributed by atoms with Gasteiger partial charge in [-0.25, -0.2) is 4.79 Å². The Balaban J connectivity index is 1.42. The Labute approximate surface area is 199 Å². The molecule has 0 saturated carbocycles. The summed E-state index contributed by atoms with van der Waals surface area (Å²) in [4.78, 5) is 25.5. The first-order valence-electron chi connectivity index (χ1n) is 10.3. The van der Waals surface area contributed by atoms with Gasteiger partial charge in [-0.15, -0.1) is 10.2 Å². The van der Waals surface area contributed by atoms with Crippen molar-refractivity contribution in [3.05, 3.63) is 47.5 Å². The third kappa shape index (κ3) is 5.52. The van der Waals surface area contributed by atoms with Crippen molar-refractivity contribution in [2.24, 2.45) is 5.92 Å². The topological polar surface area (TPSA) is 114 Å². The Bertz CT molecular complexity index is 1150. The fourth-order valence-corrected chi connectivity index (χ4v) is 4.02. The third-order valence-corrected chi connectivity index (χ3v) is 6.30. The summed E-state index contributed by atoms with van der Waals surface area (Å²) < 4.78 is 10.7. The average Bonchev–Trinajstić information content (AvgIpc) is 3.47. The van der Waals surface area contributed by atoms with E-state index in [0.29, 0.717) is 38.8 Å². The maximum Gasteiger partial charge on any atom is 0.319 e. The number of nitrogens with zero attached hydrogens (tertiary/aromatic N) is 2. The highest BCUT2D eigenvalue weighted by Crippen LogP contribution is 2.37. The maximum atomic E-state index is 13.0. The second-order valence-electron chi connectivity index (χ2n) is 7.44. The molecule has 3 N–H and O–H groups in total. The Morgan fingerprint density at radius 3 is 2.61 bits per heavy atom. The quantitative estimate of drug-likeness (QED) is 0.442. The summed E-state index contributed by atoms with van der Waals surface area (Å²) in [6.07, 6.45) is 0.692. The van der Waals surface area contributed by atoms with Crippen LogP contribution in [0, 0.1) is 5.92 Å². The molecular formula is C22H22ClN5O4S. The van der Waals surface area contributed by atoms with E-state index in [1.165, 1.54) is 11.3 Å². The second-order valence-corrected chi connectivity index (χ2v) is 8.85. The molecule has 0 bridgehead atoms. The smallest absolute Gasteiger partial charge is 0.319 e. The number of aromatic nitrogens is 2. The van der Waals surface area contributed by atoms with Gasteiger partial charge in [0.2, 0.25) is 17.8 Å². The molecule has 4 rings (SSSR count). The predicted molar refractivity (Wildman–Crippen MR) is 127 cm³/mol. The van der Waals surface area contributed by atoms with Gasteiger partial charge >= 0.3 is 6.03 Å². The molecule has 1 aromatic heterocycles. The molecule has 2 heterocycles. The molecule has 3 aromatic rings. The number of rotatable bonds is 7. The lowest BCUT2D eigenvalue weighted by Crippen LogP contribution is -2.49. The number of hydrogen-bond donors (Lipinski definition) is 3. The molecular weight excluding hydrogens is 466 g/mol. The van der Waals surface area contributed by atoms with Crippen LogP contribution in [0.5, 0.6) is 11.5 Å². The van der Waals surface area contributed by atoms with Gasteiger partial charge < -0.3 is 20.1 Å². The molecule has 0 unspecified atom stereocenters.